The Morgan fingerprint density at radius 2 is 1.65 bits per heavy atom. The Kier molecular flexibility index (Phi) is 5.62. The summed E-state index contributed by atoms with van der Waals surface area (Å²) >= 11 is 6.01. The lowest BCUT2D eigenvalue weighted by Gasteiger charge is -2.26. The maximum atomic E-state index is 13.0. The number of aromatic nitrogens is 6. The second-order valence-electron chi connectivity index (χ2n) is 6.22. The van der Waals surface area contributed by atoms with Gasteiger partial charge in [-0.15, -0.1) is 0 Å². The Morgan fingerprint density at radius 1 is 1.08 bits per heavy atom. The number of halogens is 1. The zero-order valence-corrected chi connectivity index (χ0v) is 15.2. The molecule has 0 amide bonds. The van der Waals surface area contributed by atoms with Crippen LogP contribution >= 0.6 is 11.6 Å². The number of esters is 1. The Balaban J connectivity index is 2.04. The second kappa shape index (κ2) is 8.09. The van der Waals surface area contributed by atoms with Crippen molar-refractivity contribution in [1.82, 2.24) is 29.5 Å². The predicted octanol–water partition coefficient (Wildman–Crippen LogP) is 2.55. The van der Waals surface area contributed by atoms with E-state index in [2.05, 4.69) is 20.2 Å². The minimum Gasteiger partial charge on any atom is -0.465 e. The molecule has 0 bridgehead atoms. The first kappa shape index (κ1) is 18.1. The standard InChI is InChI=1S/C17H19ClN6O2/c1-12(2)7-26-17(25)15(13-3-5-14(18)6-4-13)16(23-10-19-8-21-23)24-11-20-9-22-24/h3-6,8-12,15-16H,7H2,1-2H3. The number of benzene rings is 1. The molecular weight excluding hydrogens is 356 g/mol. The summed E-state index contributed by atoms with van der Waals surface area (Å²) in [5.74, 6) is -0.854. The Bertz CT molecular complexity index is 783. The molecule has 2 aromatic heterocycles. The molecule has 0 aliphatic carbocycles. The minimum atomic E-state index is -0.700. The van der Waals surface area contributed by atoms with Gasteiger partial charge in [0.15, 0.2) is 6.17 Å². The number of ether oxygens (including phenoxy) is 1. The van der Waals surface area contributed by atoms with Crippen molar-refractivity contribution < 1.29 is 9.53 Å². The molecule has 8 nitrogen and oxygen atoms in total. The van der Waals surface area contributed by atoms with Crippen LogP contribution in [0.3, 0.4) is 0 Å². The molecule has 9 heteroatoms. The molecule has 3 rings (SSSR count). The average molecular weight is 375 g/mol. The van der Waals surface area contributed by atoms with Crippen molar-refractivity contribution in [3.63, 3.8) is 0 Å². The van der Waals surface area contributed by atoms with Gasteiger partial charge in [0.2, 0.25) is 0 Å². The van der Waals surface area contributed by atoms with Crippen molar-refractivity contribution in [2.24, 2.45) is 5.92 Å². The molecule has 136 valence electrons. The number of rotatable bonds is 7. The Hall–Kier alpha value is -2.74. The highest BCUT2D eigenvalue weighted by molar-refractivity contribution is 6.30. The van der Waals surface area contributed by atoms with Crippen molar-refractivity contribution >= 4 is 17.6 Å². The summed E-state index contributed by atoms with van der Waals surface area (Å²) in [5, 5.41) is 8.98. The SMILES string of the molecule is CC(C)COC(=O)C(c1ccc(Cl)cc1)C(n1cncn1)n1cncn1. The third-order valence-electron chi connectivity index (χ3n) is 3.76. The van der Waals surface area contributed by atoms with Crippen LogP contribution < -0.4 is 0 Å². The molecular formula is C17H19ClN6O2. The van der Waals surface area contributed by atoms with Crippen molar-refractivity contribution in [3.8, 4) is 0 Å². The van der Waals surface area contributed by atoms with Crippen LogP contribution in [0.5, 0.6) is 0 Å². The molecule has 0 saturated heterocycles. The predicted molar refractivity (Wildman–Crippen MR) is 94.5 cm³/mol. The van der Waals surface area contributed by atoms with Gasteiger partial charge < -0.3 is 4.74 Å². The van der Waals surface area contributed by atoms with E-state index in [-0.39, 0.29) is 11.9 Å². The largest absolute Gasteiger partial charge is 0.465 e. The molecule has 0 saturated carbocycles. The molecule has 1 atom stereocenters. The first-order valence-corrected chi connectivity index (χ1v) is 8.54. The normalized spacial score (nSPS) is 12.5. The number of carbonyl (C=O) groups is 1. The van der Waals surface area contributed by atoms with Crippen molar-refractivity contribution in [3.05, 3.63) is 60.2 Å². The van der Waals surface area contributed by atoms with E-state index < -0.39 is 12.1 Å². The minimum absolute atomic E-state index is 0.223. The van der Waals surface area contributed by atoms with E-state index in [0.29, 0.717) is 11.6 Å². The van der Waals surface area contributed by atoms with Gasteiger partial charge in [-0.25, -0.2) is 19.3 Å². The summed E-state index contributed by atoms with van der Waals surface area (Å²) < 4.78 is 8.65. The molecule has 0 radical (unpaired) electrons. The van der Waals surface area contributed by atoms with E-state index >= 15 is 0 Å². The van der Waals surface area contributed by atoms with Crippen LogP contribution in [0.1, 0.15) is 31.5 Å². The lowest BCUT2D eigenvalue weighted by Crippen LogP contribution is -2.32. The number of hydrogen-bond acceptors (Lipinski definition) is 6. The van der Waals surface area contributed by atoms with Crippen molar-refractivity contribution in [2.45, 2.75) is 25.9 Å². The third kappa shape index (κ3) is 4.08. The smallest absolute Gasteiger partial charge is 0.317 e. The lowest BCUT2D eigenvalue weighted by atomic mass is 9.96. The summed E-state index contributed by atoms with van der Waals surface area (Å²) in [4.78, 5) is 21.0. The second-order valence-corrected chi connectivity index (χ2v) is 6.65. The molecule has 0 aliphatic heterocycles. The van der Waals surface area contributed by atoms with Gasteiger partial charge in [0.05, 0.1) is 6.61 Å². The van der Waals surface area contributed by atoms with Crippen LogP contribution in [0, 0.1) is 5.92 Å². The summed E-state index contributed by atoms with van der Waals surface area (Å²) in [6, 6.07) is 7.06. The molecule has 0 spiro atoms. The number of nitrogens with zero attached hydrogens (tertiary/aromatic N) is 6. The van der Waals surface area contributed by atoms with E-state index in [1.807, 2.05) is 13.8 Å². The summed E-state index contributed by atoms with van der Waals surface area (Å²) in [6.45, 7) is 4.29. The van der Waals surface area contributed by atoms with Crippen LogP contribution in [0.15, 0.2) is 49.6 Å². The van der Waals surface area contributed by atoms with Crippen molar-refractivity contribution in [1.29, 1.82) is 0 Å². The van der Waals surface area contributed by atoms with Crippen LogP contribution in [0.25, 0.3) is 0 Å². The molecule has 3 aromatic rings. The summed E-state index contributed by atoms with van der Waals surface area (Å²) in [5.41, 5.74) is 0.735. The van der Waals surface area contributed by atoms with Gasteiger partial charge in [-0.2, -0.15) is 10.2 Å². The number of carbonyl (C=O) groups excluding carboxylic acids is 1. The van der Waals surface area contributed by atoms with E-state index in [0.717, 1.165) is 5.56 Å². The molecule has 26 heavy (non-hydrogen) atoms. The Labute approximate surface area is 155 Å². The van der Waals surface area contributed by atoms with Gasteiger partial charge in [-0.05, 0) is 23.6 Å². The fourth-order valence-electron chi connectivity index (χ4n) is 2.57. The van der Waals surface area contributed by atoms with Crippen LogP contribution in [-0.2, 0) is 9.53 Å². The zero-order chi connectivity index (χ0) is 18.5. The fraction of sp³-hybridized carbons (Fsp3) is 0.353. The van der Waals surface area contributed by atoms with Gasteiger partial charge in [-0.1, -0.05) is 37.6 Å². The van der Waals surface area contributed by atoms with E-state index in [4.69, 9.17) is 16.3 Å². The fourth-order valence-corrected chi connectivity index (χ4v) is 2.70. The first-order valence-electron chi connectivity index (χ1n) is 8.16. The van der Waals surface area contributed by atoms with E-state index in [1.165, 1.54) is 25.3 Å². The molecule has 0 aliphatic rings. The van der Waals surface area contributed by atoms with Gasteiger partial charge in [0.1, 0.15) is 31.2 Å². The van der Waals surface area contributed by atoms with Crippen LogP contribution in [-0.4, -0.2) is 42.1 Å². The summed E-state index contributed by atoms with van der Waals surface area (Å²) in [6.07, 6.45) is 5.27. The van der Waals surface area contributed by atoms with Gasteiger partial charge >= 0.3 is 5.97 Å². The van der Waals surface area contributed by atoms with Crippen LogP contribution in [0.2, 0.25) is 5.02 Å². The molecule has 1 unspecified atom stereocenters. The Morgan fingerprint density at radius 3 is 2.12 bits per heavy atom. The average Bonchev–Trinajstić information content (AvgIpc) is 3.32. The van der Waals surface area contributed by atoms with E-state index in [1.54, 1.807) is 33.6 Å². The molecule has 0 fully saturated rings. The highest BCUT2D eigenvalue weighted by Crippen LogP contribution is 2.31. The quantitative estimate of drug-likeness (QED) is 0.590. The van der Waals surface area contributed by atoms with E-state index in [9.17, 15) is 4.79 Å². The molecule has 1 aromatic carbocycles. The lowest BCUT2D eigenvalue weighted by molar-refractivity contribution is -0.148. The highest BCUT2D eigenvalue weighted by atomic mass is 35.5. The molecule has 2 heterocycles. The summed E-state index contributed by atoms with van der Waals surface area (Å²) in [7, 11) is 0. The third-order valence-corrected chi connectivity index (χ3v) is 4.01. The van der Waals surface area contributed by atoms with Gasteiger partial charge in [0.25, 0.3) is 0 Å². The number of hydrogen-bond donors (Lipinski definition) is 0. The van der Waals surface area contributed by atoms with Crippen LogP contribution in [0.4, 0.5) is 0 Å². The monoisotopic (exact) mass is 374 g/mol. The van der Waals surface area contributed by atoms with Gasteiger partial charge in [0, 0.05) is 5.02 Å². The van der Waals surface area contributed by atoms with Crippen molar-refractivity contribution in [2.75, 3.05) is 6.61 Å². The topological polar surface area (TPSA) is 87.7 Å². The molecule has 0 N–H and O–H groups in total. The zero-order valence-electron chi connectivity index (χ0n) is 14.4. The first-order chi connectivity index (χ1) is 12.6. The maximum absolute atomic E-state index is 13.0. The van der Waals surface area contributed by atoms with Gasteiger partial charge in [-0.3, -0.25) is 4.79 Å². The maximum Gasteiger partial charge on any atom is 0.317 e. The highest BCUT2D eigenvalue weighted by Gasteiger charge is 2.35.